The molecule has 2 rings (SSSR count). The van der Waals surface area contributed by atoms with Gasteiger partial charge < -0.3 is 5.73 Å². The number of rotatable bonds is 3. The minimum atomic E-state index is 0.385. The smallest absolute Gasteiger partial charge is 0.0470 e. The molecule has 1 fully saturated rings. The minimum Gasteiger partial charge on any atom is -0.329 e. The van der Waals surface area contributed by atoms with Crippen molar-refractivity contribution in [3.8, 4) is 0 Å². The Balaban J connectivity index is 2.08. The molecule has 1 aliphatic heterocycles. The van der Waals surface area contributed by atoms with Crippen LogP contribution in [0.4, 0.5) is 0 Å². The van der Waals surface area contributed by atoms with E-state index < -0.39 is 0 Å². The zero-order valence-electron chi connectivity index (χ0n) is 10.4. The van der Waals surface area contributed by atoms with Crippen molar-refractivity contribution >= 4 is 15.9 Å². The van der Waals surface area contributed by atoms with Gasteiger partial charge >= 0.3 is 0 Å². The van der Waals surface area contributed by atoms with Crippen LogP contribution < -0.4 is 5.73 Å². The maximum absolute atomic E-state index is 5.95. The predicted octanol–water partition coefficient (Wildman–Crippen LogP) is 3.18. The molecule has 0 unspecified atom stereocenters. The first-order chi connectivity index (χ1) is 8.20. The molecular formula is C14H21BrN2. The molecule has 0 aliphatic carbocycles. The molecule has 1 aromatic carbocycles. The lowest BCUT2D eigenvalue weighted by atomic mass is 9.96. The first kappa shape index (κ1) is 13.1. The maximum Gasteiger partial charge on any atom is 0.0470 e. The normalized spacial score (nSPS) is 20.4. The minimum absolute atomic E-state index is 0.385. The van der Waals surface area contributed by atoms with Gasteiger partial charge in [-0.05, 0) is 49.5 Å². The Hall–Kier alpha value is -0.380. The third-order valence-corrected chi connectivity index (χ3v) is 4.27. The number of hydrogen-bond acceptors (Lipinski definition) is 2. The highest BCUT2D eigenvalue weighted by molar-refractivity contribution is 9.10. The van der Waals surface area contributed by atoms with Gasteiger partial charge in [0.2, 0.25) is 0 Å². The van der Waals surface area contributed by atoms with E-state index in [1.165, 1.54) is 31.5 Å². The van der Waals surface area contributed by atoms with E-state index in [9.17, 15) is 0 Å². The fourth-order valence-electron chi connectivity index (χ4n) is 2.52. The van der Waals surface area contributed by atoms with Gasteiger partial charge in [0, 0.05) is 17.1 Å². The molecule has 3 heteroatoms. The van der Waals surface area contributed by atoms with Crippen molar-refractivity contribution in [3.05, 3.63) is 34.3 Å². The molecular weight excluding hydrogens is 276 g/mol. The quantitative estimate of drug-likeness (QED) is 0.928. The fraction of sp³-hybridized carbons (Fsp3) is 0.571. The van der Waals surface area contributed by atoms with Crippen molar-refractivity contribution in [1.29, 1.82) is 0 Å². The lowest BCUT2D eigenvalue weighted by molar-refractivity contribution is 0.141. The van der Waals surface area contributed by atoms with Gasteiger partial charge in [-0.25, -0.2) is 0 Å². The SMILES string of the molecule is CC1CCN([C@@H](CN)c2ccc(Br)cc2)CC1. The van der Waals surface area contributed by atoms with Crippen LogP contribution in [0.3, 0.4) is 0 Å². The molecule has 0 spiro atoms. The summed E-state index contributed by atoms with van der Waals surface area (Å²) in [5.74, 6) is 0.870. The second-order valence-electron chi connectivity index (χ2n) is 5.02. The third-order valence-electron chi connectivity index (χ3n) is 3.74. The van der Waals surface area contributed by atoms with Crippen LogP contribution in [0.1, 0.15) is 31.4 Å². The van der Waals surface area contributed by atoms with Gasteiger partial charge in [-0.1, -0.05) is 35.0 Å². The summed E-state index contributed by atoms with van der Waals surface area (Å²) in [6, 6.07) is 8.95. The largest absolute Gasteiger partial charge is 0.329 e. The molecule has 2 nitrogen and oxygen atoms in total. The van der Waals surface area contributed by atoms with Crippen LogP contribution in [0.15, 0.2) is 28.7 Å². The van der Waals surface area contributed by atoms with E-state index in [-0.39, 0.29) is 0 Å². The number of nitrogens with zero attached hydrogens (tertiary/aromatic N) is 1. The Kier molecular flexibility index (Phi) is 4.60. The molecule has 94 valence electrons. The number of benzene rings is 1. The summed E-state index contributed by atoms with van der Waals surface area (Å²) in [6.45, 7) is 5.41. The van der Waals surface area contributed by atoms with Gasteiger partial charge in [-0.15, -0.1) is 0 Å². The van der Waals surface area contributed by atoms with Crippen LogP contribution in [-0.2, 0) is 0 Å². The highest BCUT2D eigenvalue weighted by Crippen LogP contribution is 2.26. The summed E-state index contributed by atoms with van der Waals surface area (Å²) in [5.41, 5.74) is 7.29. The van der Waals surface area contributed by atoms with E-state index in [2.05, 4.69) is 52.0 Å². The van der Waals surface area contributed by atoms with Gasteiger partial charge in [-0.2, -0.15) is 0 Å². The van der Waals surface area contributed by atoms with E-state index in [1.807, 2.05) is 0 Å². The van der Waals surface area contributed by atoms with Crippen LogP contribution in [0, 0.1) is 5.92 Å². The van der Waals surface area contributed by atoms with Crippen LogP contribution in [0.25, 0.3) is 0 Å². The molecule has 0 saturated carbocycles. The zero-order chi connectivity index (χ0) is 12.3. The predicted molar refractivity (Wildman–Crippen MR) is 75.9 cm³/mol. The van der Waals surface area contributed by atoms with E-state index >= 15 is 0 Å². The Labute approximate surface area is 112 Å². The molecule has 1 aromatic rings. The monoisotopic (exact) mass is 296 g/mol. The van der Waals surface area contributed by atoms with Crippen molar-refractivity contribution in [1.82, 2.24) is 4.90 Å². The summed E-state index contributed by atoms with van der Waals surface area (Å²) in [7, 11) is 0. The molecule has 1 saturated heterocycles. The van der Waals surface area contributed by atoms with Crippen molar-refractivity contribution in [2.45, 2.75) is 25.8 Å². The maximum atomic E-state index is 5.95. The van der Waals surface area contributed by atoms with Crippen LogP contribution in [0.2, 0.25) is 0 Å². The van der Waals surface area contributed by atoms with E-state index in [0.29, 0.717) is 12.6 Å². The second-order valence-corrected chi connectivity index (χ2v) is 5.94. The average Bonchev–Trinajstić information content (AvgIpc) is 2.35. The molecule has 1 heterocycles. The topological polar surface area (TPSA) is 29.3 Å². The van der Waals surface area contributed by atoms with Gasteiger partial charge in [0.25, 0.3) is 0 Å². The highest BCUT2D eigenvalue weighted by Gasteiger charge is 2.23. The zero-order valence-corrected chi connectivity index (χ0v) is 12.0. The number of halogens is 1. The van der Waals surface area contributed by atoms with Crippen molar-refractivity contribution in [2.75, 3.05) is 19.6 Å². The molecule has 0 radical (unpaired) electrons. The van der Waals surface area contributed by atoms with E-state index in [4.69, 9.17) is 5.73 Å². The van der Waals surface area contributed by atoms with Gasteiger partial charge in [0.1, 0.15) is 0 Å². The standard InChI is InChI=1S/C14H21BrN2/c1-11-6-8-17(9-7-11)14(10-16)12-2-4-13(15)5-3-12/h2-5,11,14H,6-10,16H2,1H3/t14-/m0/s1. The second kappa shape index (κ2) is 5.98. The molecule has 1 atom stereocenters. The van der Waals surface area contributed by atoms with Crippen LogP contribution in [-0.4, -0.2) is 24.5 Å². The molecule has 0 bridgehead atoms. The van der Waals surface area contributed by atoms with Crippen molar-refractivity contribution < 1.29 is 0 Å². The van der Waals surface area contributed by atoms with Gasteiger partial charge in [0.15, 0.2) is 0 Å². The first-order valence-electron chi connectivity index (χ1n) is 6.40. The highest BCUT2D eigenvalue weighted by atomic mass is 79.9. The fourth-order valence-corrected chi connectivity index (χ4v) is 2.79. The first-order valence-corrected chi connectivity index (χ1v) is 7.19. The summed E-state index contributed by atoms with van der Waals surface area (Å²) in [5, 5.41) is 0. The number of hydrogen-bond donors (Lipinski definition) is 1. The molecule has 1 aliphatic rings. The third kappa shape index (κ3) is 3.30. The average molecular weight is 297 g/mol. The lowest BCUT2D eigenvalue weighted by Crippen LogP contribution is -2.39. The number of likely N-dealkylation sites (tertiary alicyclic amines) is 1. The van der Waals surface area contributed by atoms with E-state index in [0.717, 1.165) is 10.4 Å². The van der Waals surface area contributed by atoms with E-state index in [1.54, 1.807) is 0 Å². The van der Waals surface area contributed by atoms with Gasteiger partial charge in [0.05, 0.1) is 0 Å². The van der Waals surface area contributed by atoms with Crippen molar-refractivity contribution in [3.63, 3.8) is 0 Å². The van der Waals surface area contributed by atoms with Crippen molar-refractivity contribution in [2.24, 2.45) is 11.7 Å². The summed E-state index contributed by atoms with van der Waals surface area (Å²) < 4.78 is 1.13. The Bertz CT molecular complexity index is 342. The summed E-state index contributed by atoms with van der Waals surface area (Å²) in [4.78, 5) is 2.53. The van der Waals surface area contributed by atoms with Crippen LogP contribution in [0.5, 0.6) is 0 Å². The number of piperidine rings is 1. The summed E-state index contributed by atoms with van der Waals surface area (Å²) >= 11 is 3.48. The molecule has 17 heavy (non-hydrogen) atoms. The van der Waals surface area contributed by atoms with Gasteiger partial charge in [-0.3, -0.25) is 4.90 Å². The Morgan fingerprint density at radius 3 is 2.41 bits per heavy atom. The Morgan fingerprint density at radius 2 is 1.88 bits per heavy atom. The van der Waals surface area contributed by atoms with Crippen LogP contribution >= 0.6 is 15.9 Å². The molecule has 0 aromatic heterocycles. The molecule has 0 amide bonds. The number of nitrogens with two attached hydrogens (primary N) is 1. The lowest BCUT2D eigenvalue weighted by Gasteiger charge is -2.36. The summed E-state index contributed by atoms with van der Waals surface area (Å²) in [6.07, 6.45) is 2.60. The Morgan fingerprint density at radius 1 is 1.29 bits per heavy atom. The molecule has 2 N–H and O–H groups in total.